The number of H-pyrrole nitrogens is 1. The van der Waals surface area contributed by atoms with E-state index in [-0.39, 0.29) is 24.6 Å². The average molecular weight is 392 g/mol. The fraction of sp³-hybridized carbons (Fsp3) is 0.474. The van der Waals surface area contributed by atoms with Gasteiger partial charge in [0.05, 0.1) is 12.0 Å². The third-order valence-electron chi connectivity index (χ3n) is 4.15. The summed E-state index contributed by atoms with van der Waals surface area (Å²) in [7, 11) is 0. The van der Waals surface area contributed by atoms with E-state index in [0.29, 0.717) is 16.1 Å². The first kappa shape index (κ1) is 20.8. The lowest BCUT2D eigenvalue weighted by atomic mass is 9.98. The second-order valence-corrected chi connectivity index (χ2v) is 7.44. The number of aromatic amines is 1. The Kier molecular flexibility index (Phi) is 7.29. The predicted octanol–water partition coefficient (Wildman–Crippen LogP) is 3.04. The number of hydrogen-bond donors (Lipinski definition) is 1. The van der Waals surface area contributed by atoms with Crippen LogP contribution >= 0.6 is 11.3 Å². The molecule has 0 spiro atoms. The summed E-state index contributed by atoms with van der Waals surface area (Å²) >= 11 is 1.47. The molecule has 0 aromatic carbocycles. The predicted molar refractivity (Wildman–Crippen MR) is 104 cm³/mol. The Morgan fingerprint density at radius 2 is 1.89 bits per heavy atom. The number of rotatable bonds is 8. The second kappa shape index (κ2) is 9.45. The highest BCUT2D eigenvalue weighted by atomic mass is 32.1. The SMILES string of the molecule is CCOC(=O)/C=C/C(=O)OCc1nc2sc(C)c(C[C@@H](C)CC)c2c(=O)[nH]1. The first-order chi connectivity index (χ1) is 12.8. The van der Waals surface area contributed by atoms with Crippen LogP contribution in [-0.4, -0.2) is 28.5 Å². The number of nitrogens with one attached hydrogen (secondary N) is 1. The number of aryl methyl sites for hydroxylation is 1. The first-order valence-electron chi connectivity index (χ1n) is 8.88. The maximum atomic E-state index is 12.5. The Morgan fingerprint density at radius 3 is 2.52 bits per heavy atom. The minimum Gasteiger partial charge on any atom is -0.463 e. The molecule has 1 atom stereocenters. The van der Waals surface area contributed by atoms with Gasteiger partial charge in [0.1, 0.15) is 17.3 Å². The molecular formula is C19H24N2O5S. The minimum atomic E-state index is -0.717. The molecule has 7 nitrogen and oxygen atoms in total. The summed E-state index contributed by atoms with van der Waals surface area (Å²) in [6.07, 6.45) is 3.85. The molecule has 1 N–H and O–H groups in total. The summed E-state index contributed by atoms with van der Waals surface area (Å²) in [6.45, 7) is 7.98. The zero-order valence-electron chi connectivity index (χ0n) is 16.0. The van der Waals surface area contributed by atoms with E-state index in [4.69, 9.17) is 4.74 Å². The fourth-order valence-electron chi connectivity index (χ4n) is 2.54. The van der Waals surface area contributed by atoms with Gasteiger partial charge in [-0.2, -0.15) is 0 Å². The first-order valence-corrected chi connectivity index (χ1v) is 9.70. The Bertz CT molecular complexity index is 913. The van der Waals surface area contributed by atoms with Crippen LogP contribution in [0, 0.1) is 12.8 Å². The molecule has 2 rings (SSSR count). The highest BCUT2D eigenvalue weighted by Crippen LogP contribution is 2.29. The van der Waals surface area contributed by atoms with E-state index in [1.807, 2.05) is 6.92 Å². The molecule has 0 saturated carbocycles. The van der Waals surface area contributed by atoms with Crippen molar-refractivity contribution in [3.05, 3.63) is 38.8 Å². The molecule has 2 heterocycles. The minimum absolute atomic E-state index is 0.186. The van der Waals surface area contributed by atoms with Crippen LogP contribution in [0.25, 0.3) is 10.2 Å². The van der Waals surface area contributed by atoms with Gasteiger partial charge in [0.15, 0.2) is 0 Å². The number of carbonyl (C=O) groups is 2. The van der Waals surface area contributed by atoms with E-state index < -0.39 is 11.9 Å². The average Bonchev–Trinajstić information content (AvgIpc) is 2.94. The summed E-state index contributed by atoms with van der Waals surface area (Å²) in [5.74, 6) is -0.592. The summed E-state index contributed by atoms with van der Waals surface area (Å²) in [5.41, 5.74) is 0.815. The van der Waals surface area contributed by atoms with Gasteiger partial charge in [-0.1, -0.05) is 20.3 Å². The van der Waals surface area contributed by atoms with Gasteiger partial charge in [-0.15, -0.1) is 11.3 Å². The molecule has 0 unspecified atom stereocenters. The lowest BCUT2D eigenvalue weighted by Gasteiger charge is -2.08. The summed E-state index contributed by atoms with van der Waals surface area (Å²) in [5, 5.41) is 0.620. The highest BCUT2D eigenvalue weighted by molar-refractivity contribution is 7.18. The lowest BCUT2D eigenvalue weighted by Crippen LogP contribution is -2.14. The number of nitrogens with zero attached hydrogens (tertiary/aromatic N) is 1. The number of esters is 2. The molecule has 27 heavy (non-hydrogen) atoms. The van der Waals surface area contributed by atoms with Gasteiger partial charge in [0, 0.05) is 17.0 Å². The van der Waals surface area contributed by atoms with Crippen molar-refractivity contribution in [2.75, 3.05) is 6.61 Å². The van der Waals surface area contributed by atoms with Gasteiger partial charge < -0.3 is 14.5 Å². The molecule has 8 heteroatoms. The molecule has 2 aromatic rings. The molecule has 2 aromatic heterocycles. The van der Waals surface area contributed by atoms with Crippen molar-refractivity contribution < 1.29 is 19.1 Å². The zero-order chi connectivity index (χ0) is 20.0. The van der Waals surface area contributed by atoms with Crippen LogP contribution in [0.4, 0.5) is 0 Å². The van der Waals surface area contributed by atoms with Crippen molar-refractivity contribution in [2.24, 2.45) is 5.92 Å². The molecule has 146 valence electrons. The molecular weight excluding hydrogens is 368 g/mol. The van der Waals surface area contributed by atoms with Crippen LogP contribution < -0.4 is 5.56 Å². The Labute approximate surface area is 161 Å². The van der Waals surface area contributed by atoms with Crippen molar-refractivity contribution in [2.45, 2.75) is 47.1 Å². The molecule has 0 radical (unpaired) electrons. The van der Waals surface area contributed by atoms with E-state index in [9.17, 15) is 14.4 Å². The van der Waals surface area contributed by atoms with Gasteiger partial charge in [-0.05, 0) is 31.7 Å². The van der Waals surface area contributed by atoms with Crippen LogP contribution in [0.2, 0.25) is 0 Å². The van der Waals surface area contributed by atoms with E-state index in [0.717, 1.165) is 35.4 Å². The van der Waals surface area contributed by atoms with Crippen molar-refractivity contribution in [3.8, 4) is 0 Å². The van der Waals surface area contributed by atoms with Crippen LogP contribution in [0.3, 0.4) is 0 Å². The Hall–Kier alpha value is -2.48. The third-order valence-corrected chi connectivity index (χ3v) is 5.20. The number of fused-ring (bicyclic) bond motifs is 1. The normalized spacial score (nSPS) is 12.4. The Morgan fingerprint density at radius 1 is 1.22 bits per heavy atom. The van der Waals surface area contributed by atoms with Crippen molar-refractivity contribution >= 4 is 33.5 Å². The van der Waals surface area contributed by atoms with Crippen LogP contribution in [0.15, 0.2) is 16.9 Å². The topological polar surface area (TPSA) is 98.3 Å². The van der Waals surface area contributed by atoms with Crippen molar-refractivity contribution in [1.29, 1.82) is 0 Å². The van der Waals surface area contributed by atoms with Crippen LogP contribution in [-0.2, 0) is 32.1 Å². The molecule has 0 amide bonds. The molecule has 0 aliphatic rings. The number of thiophene rings is 1. The van der Waals surface area contributed by atoms with Gasteiger partial charge in [0.2, 0.25) is 0 Å². The zero-order valence-corrected chi connectivity index (χ0v) is 16.8. The summed E-state index contributed by atoms with van der Waals surface area (Å²) in [6, 6.07) is 0. The van der Waals surface area contributed by atoms with Crippen molar-refractivity contribution in [1.82, 2.24) is 9.97 Å². The number of aromatic nitrogens is 2. The van der Waals surface area contributed by atoms with E-state index in [1.165, 1.54) is 11.3 Å². The standard InChI is InChI=1S/C19H24N2O5S/c1-5-11(3)9-13-12(4)27-19-17(13)18(24)20-14(21-19)10-26-16(23)8-7-15(22)25-6-2/h7-8,11H,5-6,9-10H2,1-4H3,(H,20,21,24)/b8-7+/t11-/m0/s1. The van der Waals surface area contributed by atoms with Gasteiger partial charge in [-0.3, -0.25) is 4.79 Å². The van der Waals surface area contributed by atoms with Crippen LogP contribution in [0.1, 0.15) is 43.5 Å². The maximum Gasteiger partial charge on any atom is 0.331 e. The summed E-state index contributed by atoms with van der Waals surface area (Å²) < 4.78 is 9.69. The second-order valence-electron chi connectivity index (χ2n) is 6.24. The fourth-order valence-corrected chi connectivity index (χ4v) is 3.61. The Balaban J connectivity index is 2.14. The smallest absolute Gasteiger partial charge is 0.331 e. The van der Waals surface area contributed by atoms with Crippen molar-refractivity contribution in [3.63, 3.8) is 0 Å². The van der Waals surface area contributed by atoms with E-state index in [1.54, 1.807) is 6.92 Å². The molecule has 0 saturated heterocycles. The molecule has 0 aliphatic heterocycles. The quantitative estimate of drug-likeness (QED) is 0.548. The lowest BCUT2D eigenvalue weighted by molar-refractivity contribution is -0.141. The highest BCUT2D eigenvalue weighted by Gasteiger charge is 2.17. The number of hydrogen-bond acceptors (Lipinski definition) is 7. The summed E-state index contributed by atoms with van der Waals surface area (Å²) in [4.78, 5) is 44.2. The third kappa shape index (κ3) is 5.50. The van der Waals surface area contributed by atoms with Gasteiger partial charge in [-0.25, -0.2) is 14.6 Å². The number of carbonyl (C=O) groups excluding carboxylic acids is 2. The number of ether oxygens (including phenoxy) is 2. The molecule has 0 bridgehead atoms. The monoisotopic (exact) mass is 392 g/mol. The van der Waals surface area contributed by atoms with E-state index in [2.05, 4.69) is 28.6 Å². The largest absolute Gasteiger partial charge is 0.463 e. The van der Waals surface area contributed by atoms with E-state index >= 15 is 0 Å². The van der Waals surface area contributed by atoms with Gasteiger partial charge >= 0.3 is 11.9 Å². The molecule has 0 fully saturated rings. The molecule has 0 aliphatic carbocycles. The maximum absolute atomic E-state index is 12.5. The van der Waals surface area contributed by atoms with Crippen LogP contribution in [0.5, 0.6) is 0 Å². The van der Waals surface area contributed by atoms with Gasteiger partial charge in [0.25, 0.3) is 5.56 Å².